The van der Waals surface area contributed by atoms with Crippen LogP contribution in [0.25, 0.3) is 0 Å². The van der Waals surface area contributed by atoms with E-state index in [2.05, 4.69) is 5.32 Å². The van der Waals surface area contributed by atoms with E-state index in [4.69, 9.17) is 5.73 Å². The lowest BCUT2D eigenvalue weighted by molar-refractivity contribution is -0.121. The summed E-state index contributed by atoms with van der Waals surface area (Å²) in [6, 6.07) is 0.231. The molecule has 0 heterocycles. The molecular weight excluding hydrogens is 184 g/mol. The molecule has 1 fully saturated rings. The van der Waals surface area contributed by atoms with Crippen LogP contribution in [0.1, 0.15) is 19.3 Å². The minimum atomic E-state index is 0.150. The fourth-order valence-corrected chi connectivity index (χ4v) is 1.73. The van der Waals surface area contributed by atoms with Crippen LogP contribution in [-0.4, -0.2) is 30.5 Å². The molecule has 1 aliphatic rings. The molecule has 1 aliphatic carbocycles. The summed E-state index contributed by atoms with van der Waals surface area (Å²) in [5.41, 5.74) is 5.57. The fraction of sp³-hybridized carbons (Fsp3) is 0.889. The van der Waals surface area contributed by atoms with Crippen LogP contribution in [0.4, 0.5) is 0 Å². The molecule has 1 rings (SSSR count). The van der Waals surface area contributed by atoms with Gasteiger partial charge in [0.05, 0.1) is 0 Å². The van der Waals surface area contributed by atoms with Crippen molar-refractivity contribution in [2.24, 2.45) is 11.7 Å². The van der Waals surface area contributed by atoms with Gasteiger partial charge < -0.3 is 11.1 Å². The zero-order chi connectivity index (χ0) is 9.68. The first-order valence-corrected chi connectivity index (χ1v) is 6.15. The predicted molar refractivity (Wildman–Crippen MR) is 56.7 cm³/mol. The van der Waals surface area contributed by atoms with Crippen LogP contribution in [0.3, 0.4) is 0 Å². The molecule has 0 aromatic heterocycles. The molecule has 1 amide bonds. The third kappa shape index (κ3) is 4.00. The summed E-state index contributed by atoms with van der Waals surface area (Å²) in [6.45, 7) is 0.579. The van der Waals surface area contributed by atoms with E-state index >= 15 is 0 Å². The molecule has 76 valence electrons. The topological polar surface area (TPSA) is 55.1 Å². The molecule has 0 aliphatic heterocycles. The van der Waals surface area contributed by atoms with Gasteiger partial charge in [0, 0.05) is 24.8 Å². The second-order valence-electron chi connectivity index (χ2n) is 3.49. The van der Waals surface area contributed by atoms with Crippen LogP contribution in [-0.2, 0) is 4.79 Å². The molecule has 1 unspecified atom stereocenters. The Balaban J connectivity index is 2.16. The lowest BCUT2D eigenvalue weighted by Gasteiger charge is -2.15. The van der Waals surface area contributed by atoms with Crippen molar-refractivity contribution in [2.45, 2.75) is 25.3 Å². The second kappa shape index (κ2) is 5.50. The number of amides is 1. The standard InChI is InChI=1S/C9H18N2OS/c1-13-5-4-9(12)11-8(6-10)7-2-3-7/h7-8H,2-6,10H2,1H3,(H,11,12). The Labute approximate surface area is 83.8 Å². The van der Waals surface area contributed by atoms with Crippen LogP contribution in [0, 0.1) is 5.92 Å². The average molecular weight is 202 g/mol. The number of carbonyl (C=O) groups excluding carboxylic acids is 1. The van der Waals surface area contributed by atoms with Gasteiger partial charge in [0.15, 0.2) is 0 Å². The van der Waals surface area contributed by atoms with Gasteiger partial charge in [-0.25, -0.2) is 0 Å². The molecular formula is C9H18N2OS. The van der Waals surface area contributed by atoms with E-state index in [0.29, 0.717) is 18.9 Å². The lowest BCUT2D eigenvalue weighted by Crippen LogP contribution is -2.41. The van der Waals surface area contributed by atoms with Crippen molar-refractivity contribution in [3.63, 3.8) is 0 Å². The highest BCUT2D eigenvalue weighted by Gasteiger charge is 2.30. The summed E-state index contributed by atoms with van der Waals surface area (Å²) >= 11 is 1.70. The third-order valence-electron chi connectivity index (χ3n) is 2.32. The number of carbonyl (C=O) groups is 1. The summed E-state index contributed by atoms with van der Waals surface area (Å²) in [4.78, 5) is 11.3. The maximum absolute atomic E-state index is 11.3. The van der Waals surface area contributed by atoms with Gasteiger partial charge >= 0.3 is 0 Å². The number of hydrogen-bond acceptors (Lipinski definition) is 3. The smallest absolute Gasteiger partial charge is 0.221 e. The van der Waals surface area contributed by atoms with Crippen molar-refractivity contribution in [1.82, 2.24) is 5.32 Å². The van der Waals surface area contributed by atoms with E-state index in [-0.39, 0.29) is 11.9 Å². The van der Waals surface area contributed by atoms with Crippen LogP contribution in [0.15, 0.2) is 0 Å². The summed E-state index contributed by atoms with van der Waals surface area (Å²) in [7, 11) is 0. The van der Waals surface area contributed by atoms with Gasteiger partial charge in [-0.1, -0.05) is 0 Å². The molecule has 0 radical (unpaired) electrons. The van der Waals surface area contributed by atoms with Gasteiger partial charge in [0.2, 0.25) is 5.91 Å². The van der Waals surface area contributed by atoms with E-state index in [1.807, 2.05) is 6.26 Å². The first-order chi connectivity index (χ1) is 6.27. The molecule has 1 atom stereocenters. The Morgan fingerprint density at radius 1 is 1.69 bits per heavy atom. The van der Waals surface area contributed by atoms with Crippen LogP contribution < -0.4 is 11.1 Å². The maximum Gasteiger partial charge on any atom is 0.221 e. The Hall–Kier alpha value is -0.220. The predicted octanol–water partition coefficient (Wildman–Crippen LogP) is 0.593. The molecule has 0 bridgehead atoms. The molecule has 0 saturated heterocycles. The summed E-state index contributed by atoms with van der Waals surface area (Å²) < 4.78 is 0. The first kappa shape index (κ1) is 10.9. The summed E-state index contributed by atoms with van der Waals surface area (Å²) in [6.07, 6.45) is 5.08. The maximum atomic E-state index is 11.3. The Bertz CT molecular complexity index is 171. The minimum Gasteiger partial charge on any atom is -0.352 e. The van der Waals surface area contributed by atoms with Gasteiger partial charge in [-0.15, -0.1) is 0 Å². The van der Waals surface area contributed by atoms with Gasteiger partial charge in [-0.05, 0) is 25.0 Å². The van der Waals surface area contributed by atoms with Crippen molar-refractivity contribution in [3.8, 4) is 0 Å². The molecule has 0 spiro atoms. The average Bonchev–Trinajstić information content (AvgIpc) is 2.94. The second-order valence-corrected chi connectivity index (χ2v) is 4.48. The quantitative estimate of drug-likeness (QED) is 0.663. The fourth-order valence-electron chi connectivity index (χ4n) is 1.34. The highest BCUT2D eigenvalue weighted by Crippen LogP contribution is 2.32. The molecule has 3 N–H and O–H groups in total. The Kier molecular flexibility index (Phi) is 4.59. The largest absolute Gasteiger partial charge is 0.352 e. The third-order valence-corrected chi connectivity index (χ3v) is 2.94. The van der Waals surface area contributed by atoms with E-state index < -0.39 is 0 Å². The first-order valence-electron chi connectivity index (χ1n) is 4.76. The van der Waals surface area contributed by atoms with E-state index in [1.54, 1.807) is 11.8 Å². The zero-order valence-corrected chi connectivity index (χ0v) is 8.90. The lowest BCUT2D eigenvalue weighted by atomic mass is 10.2. The van der Waals surface area contributed by atoms with Crippen LogP contribution >= 0.6 is 11.8 Å². The van der Waals surface area contributed by atoms with Crippen molar-refractivity contribution < 1.29 is 4.79 Å². The Morgan fingerprint density at radius 3 is 2.85 bits per heavy atom. The van der Waals surface area contributed by atoms with Gasteiger partial charge in [0.25, 0.3) is 0 Å². The van der Waals surface area contributed by atoms with Crippen LogP contribution in [0.5, 0.6) is 0 Å². The Morgan fingerprint density at radius 2 is 2.38 bits per heavy atom. The van der Waals surface area contributed by atoms with Crippen molar-refractivity contribution in [1.29, 1.82) is 0 Å². The van der Waals surface area contributed by atoms with Gasteiger partial charge in [0.1, 0.15) is 0 Å². The molecule has 1 saturated carbocycles. The normalized spacial score (nSPS) is 18.3. The number of hydrogen-bond donors (Lipinski definition) is 2. The van der Waals surface area contributed by atoms with Crippen LogP contribution in [0.2, 0.25) is 0 Å². The van der Waals surface area contributed by atoms with Crippen molar-refractivity contribution in [2.75, 3.05) is 18.6 Å². The van der Waals surface area contributed by atoms with Crippen molar-refractivity contribution >= 4 is 17.7 Å². The molecule has 13 heavy (non-hydrogen) atoms. The molecule has 0 aromatic carbocycles. The number of thioether (sulfide) groups is 1. The van der Waals surface area contributed by atoms with Gasteiger partial charge in [-0.3, -0.25) is 4.79 Å². The van der Waals surface area contributed by atoms with E-state index in [1.165, 1.54) is 12.8 Å². The highest BCUT2D eigenvalue weighted by molar-refractivity contribution is 7.98. The van der Waals surface area contributed by atoms with E-state index in [9.17, 15) is 4.79 Å². The number of rotatable bonds is 6. The number of nitrogens with two attached hydrogens (primary N) is 1. The van der Waals surface area contributed by atoms with Gasteiger partial charge in [-0.2, -0.15) is 11.8 Å². The molecule has 4 heteroatoms. The summed E-state index contributed by atoms with van der Waals surface area (Å²) in [5, 5.41) is 2.99. The highest BCUT2D eigenvalue weighted by atomic mass is 32.2. The van der Waals surface area contributed by atoms with Crippen molar-refractivity contribution in [3.05, 3.63) is 0 Å². The molecule has 3 nitrogen and oxygen atoms in total. The van der Waals surface area contributed by atoms with E-state index in [0.717, 1.165) is 5.75 Å². The minimum absolute atomic E-state index is 0.150. The monoisotopic (exact) mass is 202 g/mol. The zero-order valence-electron chi connectivity index (χ0n) is 8.08. The number of nitrogens with one attached hydrogen (secondary N) is 1. The molecule has 0 aromatic rings. The summed E-state index contributed by atoms with van der Waals surface area (Å²) in [5.74, 6) is 1.70. The SMILES string of the molecule is CSCCC(=O)NC(CN)C1CC1.